The second kappa shape index (κ2) is 5.26. The summed E-state index contributed by atoms with van der Waals surface area (Å²) in [5.41, 5.74) is 2.30. The van der Waals surface area contributed by atoms with Crippen LogP contribution in [0.4, 0.5) is 5.69 Å². The number of hydrogen-bond donors (Lipinski definition) is 1. The molecule has 1 N–H and O–H groups in total. The molecule has 2 rings (SSSR count). The summed E-state index contributed by atoms with van der Waals surface area (Å²) in [6.07, 6.45) is 6.10. The molecule has 0 amide bonds. The summed E-state index contributed by atoms with van der Waals surface area (Å²) in [7, 11) is 0. The predicted molar refractivity (Wildman–Crippen MR) is 65.3 cm³/mol. The first-order valence-corrected chi connectivity index (χ1v) is 5.40. The first-order valence-electron chi connectivity index (χ1n) is 5.40. The lowest BCUT2D eigenvalue weighted by atomic mass is 10.1. The Bertz CT molecular complexity index is 372. The first kappa shape index (κ1) is 10.6. The fourth-order valence-electron chi connectivity index (χ4n) is 1.68. The van der Waals surface area contributed by atoms with Gasteiger partial charge in [-0.05, 0) is 18.9 Å². The molecular formula is C13H15N3. The molecule has 1 aromatic heterocycles. The lowest BCUT2D eigenvalue weighted by Gasteiger charge is -2.14. The Morgan fingerprint density at radius 1 is 1.12 bits per heavy atom. The van der Waals surface area contributed by atoms with Gasteiger partial charge in [0.05, 0.1) is 18.1 Å². The Hall–Kier alpha value is -1.90. The number of anilines is 1. The van der Waals surface area contributed by atoms with E-state index in [1.54, 1.807) is 12.4 Å². The molecule has 0 saturated carbocycles. The van der Waals surface area contributed by atoms with Gasteiger partial charge in [0.25, 0.3) is 0 Å². The normalized spacial score (nSPS) is 12.1. The molecule has 2 aromatic rings. The molecule has 0 bridgehead atoms. The van der Waals surface area contributed by atoms with Crippen molar-refractivity contribution in [1.82, 2.24) is 9.97 Å². The molecule has 1 aromatic carbocycles. The third-order valence-corrected chi connectivity index (χ3v) is 2.36. The number of benzene rings is 1. The average molecular weight is 213 g/mol. The van der Waals surface area contributed by atoms with Crippen molar-refractivity contribution in [2.75, 3.05) is 5.32 Å². The summed E-state index contributed by atoms with van der Waals surface area (Å²) >= 11 is 0. The van der Waals surface area contributed by atoms with Gasteiger partial charge in [-0.2, -0.15) is 0 Å². The number of hydrogen-bond acceptors (Lipinski definition) is 3. The smallest absolute Gasteiger partial charge is 0.115 e. The van der Waals surface area contributed by atoms with E-state index >= 15 is 0 Å². The van der Waals surface area contributed by atoms with E-state index in [-0.39, 0.29) is 0 Å². The molecule has 0 aliphatic carbocycles. The zero-order valence-corrected chi connectivity index (χ0v) is 9.30. The quantitative estimate of drug-likeness (QED) is 0.848. The highest BCUT2D eigenvalue weighted by atomic mass is 14.9. The van der Waals surface area contributed by atoms with Crippen molar-refractivity contribution < 1.29 is 0 Å². The monoisotopic (exact) mass is 213 g/mol. The standard InChI is InChI=1S/C13H15N3/c1-11(7-12-5-3-2-4-6-12)16-13-8-14-10-15-9-13/h2-6,8-11,16H,7H2,1H3. The minimum Gasteiger partial charge on any atom is -0.380 e. The van der Waals surface area contributed by atoms with E-state index in [0.29, 0.717) is 6.04 Å². The van der Waals surface area contributed by atoms with Gasteiger partial charge >= 0.3 is 0 Å². The van der Waals surface area contributed by atoms with Crippen LogP contribution >= 0.6 is 0 Å². The van der Waals surface area contributed by atoms with Gasteiger partial charge < -0.3 is 5.32 Å². The fourth-order valence-corrected chi connectivity index (χ4v) is 1.68. The molecule has 1 atom stereocenters. The Kier molecular flexibility index (Phi) is 3.49. The lowest BCUT2D eigenvalue weighted by Crippen LogP contribution is -2.18. The van der Waals surface area contributed by atoms with E-state index in [2.05, 4.69) is 46.5 Å². The van der Waals surface area contributed by atoms with Crippen LogP contribution in [-0.4, -0.2) is 16.0 Å². The molecule has 3 nitrogen and oxygen atoms in total. The van der Waals surface area contributed by atoms with Gasteiger partial charge in [0.15, 0.2) is 0 Å². The molecule has 3 heteroatoms. The van der Waals surface area contributed by atoms with Crippen LogP contribution in [0, 0.1) is 0 Å². The van der Waals surface area contributed by atoms with Crippen LogP contribution in [0.15, 0.2) is 49.1 Å². The van der Waals surface area contributed by atoms with Crippen LogP contribution in [0.5, 0.6) is 0 Å². The third kappa shape index (κ3) is 3.05. The molecule has 0 spiro atoms. The first-order chi connectivity index (χ1) is 7.84. The second-order valence-electron chi connectivity index (χ2n) is 3.86. The van der Waals surface area contributed by atoms with E-state index < -0.39 is 0 Å². The summed E-state index contributed by atoms with van der Waals surface area (Å²) in [5, 5.41) is 3.37. The lowest BCUT2D eigenvalue weighted by molar-refractivity contribution is 0.788. The maximum absolute atomic E-state index is 3.97. The molecule has 82 valence electrons. The van der Waals surface area contributed by atoms with Crippen molar-refractivity contribution in [3.8, 4) is 0 Å². The molecule has 0 saturated heterocycles. The van der Waals surface area contributed by atoms with Gasteiger partial charge in [-0.1, -0.05) is 30.3 Å². The van der Waals surface area contributed by atoms with Crippen LogP contribution in [0.1, 0.15) is 12.5 Å². The fraction of sp³-hybridized carbons (Fsp3) is 0.231. The van der Waals surface area contributed by atoms with Gasteiger partial charge in [-0.15, -0.1) is 0 Å². The number of nitrogens with one attached hydrogen (secondary N) is 1. The van der Waals surface area contributed by atoms with E-state index in [9.17, 15) is 0 Å². The SMILES string of the molecule is CC(Cc1ccccc1)Nc1cncnc1. The van der Waals surface area contributed by atoms with Crippen molar-refractivity contribution in [2.24, 2.45) is 0 Å². The van der Waals surface area contributed by atoms with Crippen molar-refractivity contribution in [3.05, 3.63) is 54.6 Å². The summed E-state index contributed by atoms with van der Waals surface area (Å²) in [4.78, 5) is 7.94. The minimum absolute atomic E-state index is 0.369. The Labute approximate surface area is 95.6 Å². The van der Waals surface area contributed by atoms with Gasteiger partial charge in [0, 0.05) is 6.04 Å². The summed E-state index contributed by atoms with van der Waals surface area (Å²) in [6.45, 7) is 2.15. The summed E-state index contributed by atoms with van der Waals surface area (Å²) < 4.78 is 0. The molecule has 1 heterocycles. The zero-order valence-electron chi connectivity index (χ0n) is 9.30. The van der Waals surface area contributed by atoms with Crippen LogP contribution in [-0.2, 0) is 6.42 Å². The Morgan fingerprint density at radius 3 is 2.50 bits per heavy atom. The Balaban J connectivity index is 1.92. The van der Waals surface area contributed by atoms with E-state index in [0.717, 1.165) is 12.1 Å². The molecule has 16 heavy (non-hydrogen) atoms. The summed E-state index contributed by atoms with van der Waals surface area (Å²) in [5.74, 6) is 0. The van der Waals surface area contributed by atoms with Crippen LogP contribution in [0.2, 0.25) is 0 Å². The highest BCUT2D eigenvalue weighted by molar-refractivity contribution is 5.38. The van der Waals surface area contributed by atoms with Crippen LogP contribution < -0.4 is 5.32 Å². The molecule has 1 unspecified atom stereocenters. The van der Waals surface area contributed by atoms with Gasteiger partial charge in [0.1, 0.15) is 6.33 Å². The number of rotatable bonds is 4. The van der Waals surface area contributed by atoms with Crippen molar-refractivity contribution in [3.63, 3.8) is 0 Å². The van der Waals surface area contributed by atoms with Gasteiger partial charge in [-0.3, -0.25) is 0 Å². The van der Waals surface area contributed by atoms with E-state index in [1.807, 2.05) is 6.07 Å². The van der Waals surface area contributed by atoms with Crippen LogP contribution in [0.3, 0.4) is 0 Å². The predicted octanol–water partition coefficient (Wildman–Crippen LogP) is 2.52. The van der Waals surface area contributed by atoms with E-state index in [4.69, 9.17) is 0 Å². The average Bonchev–Trinajstić information content (AvgIpc) is 2.31. The molecular weight excluding hydrogens is 198 g/mol. The maximum Gasteiger partial charge on any atom is 0.115 e. The number of nitrogens with zero attached hydrogens (tertiary/aromatic N) is 2. The van der Waals surface area contributed by atoms with Crippen molar-refractivity contribution in [1.29, 1.82) is 0 Å². The minimum atomic E-state index is 0.369. The highest BCUT2D eigenvalue weighted by Gasteiger charge is 2.03. The zero-order chi connectivity index (χ0) is 11.2. The van der Waals surface area contributed by atoms with Gasteiger partial charge in [0.2, 0.25) is 0 Å². The molecule has 0 aliphatic heterocycles. The van der Waals surface area contributed by atoms with Gasteiger partial charge in [-0.25, -0.2) is 9.97 Å². The molecule has 0 aliphatic rings. The van der Waals surface area contributed by atoms with E-state index in [1.165, 1.54) is 11.9 Å². The Morgan fingerprint density at radius 2 is 1.81 bits per heavy atom. The largest absolute Gasteiger partial charge is 0.380 e. The van der Waals surface area contributed by atoms with Crippen LogP contribution in [0.25, 0.3) is 0 Å². The summed E-state index contributed by atoms with van der Waals surface area (Å²) in [6, 6.07) is 10.8. The van der Waals surface area contributed by atoms with Crippen molar-refractivity contribution in [2.45, 2.75) is 19.4 Å². The second-order valence-corrected chi connectivity index (χ2v) is 3.86. The molecule has 0 radical (unpaired) electrons. The maximum atomic E-state index is 3.97. The number of aromatic nitrogens is 2. The van der Waals surface area contributed by atoms with Crippen molar-refractivity contribution >= 4 is 5.69 Å². The molecule has 0 fully saturated rings. The highest BCUT2D eigenvalue weighted by Crippen LogP contribution is 2.08. The third-order valence-electron chi connectivity index (χ3n) is 2.36. The topological polar surface area (TPSA) is 37.8 Å².